The number of halogens is 2. The fourth-order valence-corrected chi connectivity index (χ4v) is 2.44. The minimum absolute atomic E-state index is 0.0357. The number of ether oxygens (including phenoxy) is 1. The number of benzene rings is 1. The van der Waals surface area contributed by atoms with E-state index >= 15 is 0 Å². The number of hydrogen-bond donors (Lipinski definition) is 1. The van der Waals surface area contributed by atoms with E-state index < -0.39 is 23.7 Å². The van der Waals surface area contributed by atoms with Crippen LogP contribution in [0.4, 0.5) is 4.39 Å². The van der Waals surface area contributed by atoms with Gasteiger partial charge in [0.2, 0.25) is 5.91 Å². The minimum Gasteiger partial charge on any atom is -0.367 e. The van der Waals surface area contributed by atoms with E-state index in [4.69, 9.17) is 10.5 Å². The second-order valence-corrected chi connectivity index (χ2v) is 5.59. The zero-order valence-electron chi connectivity index (χ0n) is 10.8. The summed E-state index contributed by atoms with van der Waals surface area (Å²) in [5, 5.41) is 0. The third kappa shape index (κ3) is 3.16. The molecule has 2 atom stereocenters. The quantitative estimate of drug-likeness (QED) is 0.878. The van der Waals surface area contributed by atoms with Gasteiger partial charge in [0.15, 0.2) is 6.10 Å². The van der Waals surface area contributed by atoms with Gasteiger partial charge in [-0.2, -0.15) is 0 Å². The molecular formula is C13H14BrFN2O3. The molecule has 0 spiro atoms. The summed E-state index contributed by atoms with van der Waals surface area (Å²) in [7, 11) is 0. The van der Waals surface area contributed by atoms with Crippen molar-refractivity contribution in [2.45, 2.75) is 19.1 Å². The van der Waals surface area contributed by atoms with E-state index in [1.54, 1.807) is 13.0 Å². The van der Waals surface area contributed by atoms with Gasteiger partial charge in [0, 0.05) is 11.0 Å². The van der Waals surface area contributed by atoms with Gasteiger partial charge in [0.05, 0.1) is 18.2 Å². The van der Waals surface area contributed by atoms with Gasteiger partial charge in [-0.25, -0.2) is 4.39 Å². The van der Waals surface area contributed by atoms with E-state index in [9.17, 15) is 14.0 Å². The molecule has 2 N–H and O–H groups in total. The number of amides is 2. The smallest absolute Gasteiger partial charge is 0.257 e. The van der Waals surface area contributed by atoms with E-state index in [-0.39, 0.29) is 24.8 Å². The largest absolute Gasteiger partial charge is 0.367 e. The monoisotopic (exact) mass is 344 g/mol. The third-order valence-electron chi connectivity index (χ3n) is 3.03. The molecular weight excluding hydrogens is 331 g/mol. The van der Waals surface area contributed by atoms with Gasteiger partial charge >= 0.3 is 0 Å². The molecule has 20 heavy (non-hydrogen) atoms. The summed E-state index contributed by atoms with van der Waals surface area (Å²) in [6.07, 6.45) is -1.19. The Morgan fingerprint density at radius 1 is 1.45 bits per heavy atom. The summed E-state index contributed by atoms with van der Waals surface area (Å²) < 4.78 is 19.7. The summed E-state index contributed by atoms with van der Waals surface area (Å²) in [6, 6.07) is 4.22. The first-order valence-corrected chi connectivity index (χ1v) is 6.87. The van der Waals surface area contributed by atoms with Crippen molar-refractivity contribution in [1.82, 2.24) is 4.90 Å². The summed E-state index contributed by atoms with van der Waals surface area (Å²) in [6.45, 7) is 2.06. The predicted molar refractivity (Wildman–Crippen MR) is 73.5 cm³/mol. The Bertz CT molecular complexity index is 552. The Morgan fingerprint density at radius 2 is 2.15 bits per heavy atom. The van der Waals surface area contributed by atoms with E-state index in [2.05, 4.69) is 15.9 Å². The van der Waals surface area contributed by atoms with Crippen LogP contribution < -0.4 is 5.73 Å². The van der Waals surface area contributed by atoms with Gasteiger partial charge in [-0.05, 0) is 25.1 Å². The molecule has 7 heteroatoms. The average Bonchev–Trinajstić information content (AvgIpc) is 2.37. The highest BCUT2D eigenvalue weighted by atomic mass is 79.9. The van der Waals surface area contributed by atoms with Crippen LogP contribution in [-0.4, -0.2) is 42.0 Å². The van der Waals surface area contributed by atoms with Crippen molar-refractivity contribution in [3.05, 3.63) is 34.1 Å². The molecule has 1 aromatic carbocycles. The molecule has 0 radical (unpaired) electrons. The van der Waals surface area contributed by atoms with Crippen molar-refractivity contribution in [2.75, 3.05) is 13.1 Å². The molecule has 0 aliphatic carbocycles. The standard InChI is InChI=1S/C13H14BrFN2O3/c1-7-5-17(6-11(20-7)12(16)18)13(19)9-3-2-8(14)4-10(9)15/h2-4,7,11H,5-6H2,1H3,(H2,16,18)/t7-,11+/m1/s1. The molecule has 108 valence electrons. The van der Waals surface area contributed by atoms with E-state index in [1.807, 2.05) is 0 Å². The van der Waals surface area contributed by atoms with Crippen LogP contribution in [0.2, 0.25) is 0 Å². The molecule has 1 fully saturated rings. The number of nitrogens with two attached hydrogens (primary N) is 1. The summed E-state index contributed by atoms with van der Waals surface area (Å²) in [5.41, 5.74) is 5.16. The molecule has 1 saturated heterocycles. The summed E-state index contributed by atoms with van der Waals surface area (Å²) in [5.74, 6) is -1.72. The SMILES string of the molecule is C[C@@H]1CN(C(=O)c2ccc(Br)cc2F)C[C@@H](C(N)=O)O1. The minimum atomic E-state index is -0.860. The Kier molecular flexibility index (Phi) is 4.39. The number of carbonyl (C=O) groups excluding carboxylic acids is 2. The molecule has 0 aromatic heterocycles. The zero-order chi connectivity index (χ0) is 14.9. The third-order valence-corrected chi connectivity index (χ3v) is 3.52. The van der Waals surface area contributed by atoms with E-state index in [1.165, 1.54) is 17.0 Å². The van der Waals surface area contributed by atoms with Gasteiger partial charge in [-0.3, -0.25) is 9.59 Å². The Hall–Kier alpha value is -1.47. The lowest BCUT2D eigenvalue weighted by atomic mass is 10.1. The van der Waals surface area contributed by atoms with Crippen LogP contribution in [0.15, 0.2) is 22.7 Å². The van der Waals surface area contributed by atoms with Gasteiger partial charge in [0.25, 0.3) is 5.91 Å². The number of carbonyl (C=O) groups is 2. The molecule has 1 heterocycles. The van der Waals surface area contributed by atoms with Crippen LogP contribution in [0.5, 0.6) is 0 Å². The molecule has 0 bridgehead atoms. The molecule has 1 aliphatic rings. The molecule has 5 nitrogen and oxygen atoms in total. The van der Waals surface area contributed by atoms with Crippen LogP contribution >= 0.6 is 15.9 Å². The second kappa shape index (κ2) is 5.88. The summed E-state index contributed by atoms with van der Waals surface area (Å²) in [4.78, 5) is 24.9. The first kappa shape index (κ1) is 14.9. The molecule has 2 amide bonds. The Morgan fingerprint density at radius 3 is 2.75 bits per heavy atom. The Balaban J connectivity index is 2.21. The van der Waals surface area contributed by atoms with Crippen molar-refractivity contribution in [1.29, 1.82) is 0 Å². The molecule has 1 aliphatic heterocycles. The lowest BCUT2D eigenvalue weighted by molar-refractivity contribution is -0.140. The molecule has 0 unspecified atom stereocenters. The molecule has 0 saturated carbocycles. The normalized spacial score (nSPS) is 22.6. The van der Waals surface area contributed by atoms with Crippen molar-refractivity contribution < 1.29 is 18.7 Å². The topological polar surface area (TPSA) is 72.6 Å². The highest BCUT2D eigenvalue weighted by molar-refractivity contribution is 9.10. The van der Waals surface area contributed by atoms with Crippen LogP contribution in [0.25, 0.3) is 0 Å². The first-order chi connectivity index (χ1) is 9.38. The van der Waals surface area contributed by atoms with Crippen LogP contribution in [0.1, 0.15) is 17.3 Å². The second-order valence-electron chi connectivity index (χ2n) is 4.67. The highest BCUT2D eigenvalue weighted by Gasteiger charge is 2.32. The highest BCUT2D eigenvalue weighted by Crippen LogP contribution is 2.19. The lowest BCUT2D eigenvalue weighted by Crippen LogP contribution is -2.53. The average molecular weight is 345 g/mol. The zero-order valence-corrected chi connectivity index (χ0v) is 12.4. The molecule has 1 aromatic rings. The maximum absolute atomic E-state index is 13.8. The molecule has 2 rings (SSSR count). The lowest BCUT2D eigenvalue weighted by Gasteiger charge is -2.35. The first-order valence-electron chi connectivity index (χ1n) is 6.07. The van der Waals surface area contributed by atoms with Crippen molar-refractivity contribution >= 4 is 27.7 Å². The number of hydrogen-bond acceptors (Lipinski definition) is 3. The van der Waals surface area contributed by atoms with Crippen molar-refractivity contribution in [3.63, 3.8) is 0 Å². The van der Waals surface area contributed by atoms with Crippen LogP contribution in [0.3, 0.4) is 0 Å². The van der Waals surface area contributed by atoms with Crippen molar-refractivity contribution in [3.8, 4) is 0 Å². The Labute approximate surface area is 124 Å². The summed E-state index contributed by atoms with van der Waals surface area (Å²) >= 11 is 3.13. The maximum atomic E-state index is 13.8. The fourth-order valence-electron chi connectivity index (χ4n) is 2.11. The van der Waals surface area contributed by atoms with Gasteiger partial charge in [-0.1, -0.05) is 15.9 Å². The van der Waals surface area contributed by atoms with Gasteiger partial charge in [-0.15, -0.1) is 0 Å². The van der Waals surface area contributed by atoms with Gasteiger partial charge < -0.3 is 15.4 Å². The van der Waals surface area contributed by atoms with E-state index in [0.29, 0.717) is 4.47 Å². The predicted octanol–water partition coefficient (Wildman–Crippen LogP) is 1.30. The fraction of sp³-hybridized carbons (Fsp3) is 0.385. The maximum Gasteiger partial charge on any atom is 0.257 e. The number of morpholine rings is 1. The van der Waals surface area contributed by atoms with E-state index in [0.717, 1.165) is 0 Å². The van der Waals surface area contributed by atoms with Crippen LogP contribution in [0, 0.1) is 5.82 Å². The number of rotatable bonds is 2. The van der Waals surface area contributed by atoms with Crippen LogP contribution in [-0.2, 0) is 9.53 Å². The number of primary amides is 1. The number of nitrogens with zero attached hydrogens (tertiary/aromatic N) is 1. The van der Waals surface area contributed by atoms with Gasteiger partial charge in [0.1, 0.15) is 5.82 Å². The van der Waals surface area contributed by atoms with Crippen molar-refractivity contribution in [2.24, 2.45) is 5.73 Å².